The average molecular weight is 286 g/mol. The minimum atomic E-state index is 0.156. The fourth-order valence-corrected chi connectivity index (χ4v) is 3.33. The summed E-state index contributed by atoms with van der Waals surface area (Å²) in [6.07, 6.45) is 2.21. The molecule has 1 radical (unpaired) electrons. The molecule has 3 rings (SSSR count). The van der Waals surface area contributed by atoms with Crippen molar-refractivity contribution in [1.82, 2.24) is 14.7 Å². The predicted molar refractivity (Wildman–Crippen MR) is 83.3 cm³/mol. The fourth-order valence-electron chi connectivity index (χ4n) is 3.33. The Morgan fingerprint density at radius 2 is 1.86 bits per heavy atom. The lowest BCUT2D eigenvalue weighted by molar-refractivity contribution is 0.0519. The number of hydrogen-bond acceptors (Lipinski definition) is 3. The maximum atomic E-state index is 12.4. The Kier molecular flexibility index (Phi) is 4.56. The summed E-state index contributed by atoms with van der Waals surface area (Å²) in [5.41, 5.74) is 0.760. The molecule has 21 heavy (non-hydrogen) atoms. The standard InChI is InChI=1S/C17H24N3O/c1-18-11-13-19(14-12-18)16-7-9-20(10-8-16)17(21)15-5-3-2-4-6-15/h2-3,5-6,16H,7-14H2,1H3. The molecule has 0 spiro atoms. The van der Waals surface area contributed by atoms with Crippen LogP contribution in [0.4, 0.5) is 0 Å². The Morgan fingerprint density at radius 3 is 2.48 bits per heavy atom. The van der Waals surface area contributed by atoms with E-state index in [4.69, 9.17) is 0 Å². The molecule has 4 heteroatoms. The zero-order valence-electron chi connectivity index (χ0n) is 12.8. The second-order valence-electron chi connectivity index (χ2n) is 6.15. The summed E-state index contributed by atoms with van der Waals surface area (Å²) in [4.78, 5) is 19.4. The van der Waals surface area contributed by atoms with Crippen LogP contribution in [0.25, 0.3) is 0 Å². The van der Waals surface area contributed by atoms with Gasteiger partial charge in [-0.15, -0.1) is 0 Å². The first-order chi connectivity index (χ1) is 10.2. The summed E-state index contributed by atoms with van der Waals surface area (Å²) in [6, 6.07) is 11.0. The Morgan fingerprint density at radius 1 is 1.14 bits per heavy atom. The van der Waals surface area contributed by atoms with Crippen molar-refractivity contribution in [2.24, 2.45) is 0 Å². The lowest BCUT2D eigenvalue weighted by atomic mass is 10.0. The first-order valence-electron chi connectivity index (χ1n) is 7.92. The van der Waals surface area contributed by atoms with Gasteiger partial charge in [0.1, 0.15) is 0 Å². The number of carbonyl (C=O) groups excluding carboxylic acids is 1. The third kappa shape index (κ3) is 3.44. The molecular formula is C17H24N3O. The molecule has 0 unspecified atom stereocenters. The molecule has 1 amide bonds. The second-order valence-corrected chi connectivity index (χ2v) is 6.15. The largest absolute Gasteiger partial charge is 0.339 e. The van der Waals surface area contributed by atoms with Crippen LogP contribution in [0.3, 0.4) is 0 Å². The molecule has 113 valence electrons. The van der Waals surface area contributed by atoms with Crippen molar-refractivity contribution in [2.45, 2.75) is 18.9 Å². The Hall–Kier alpha value is -1.39. The van der Waals surface area contributed by atoms with Crippen LogP contribution in [0.2, 0.25) is 0 Å². The Labute approximate surface area is 127 Å². The van der Waals surface area contributed by atoms with E-state index in [9.17, 15) is 4.79 Å². The van der Waals surface area contributed by atoms with Crippen molar-refractivity contribution < 1.29 is 4.79 Å². The number of nitrogens with zero attached hydrogens (tertiary/aromatic N) is 3. The number of hydrogen-bond donors (Lipinski definition) is 0. The van der Waals surface area contributed by atoms with Crippen LogP contribution in [0, 0.1) is 6.07 Å². The van der Waals surface area contributed by atoms with E-state index in [1.807, 2.05) is 23.1 Å². The Bertz CT molecular complexity index is 460. The van der Waals surface area contributed by atoms with Gasteiger partial charge in [-0.3, -0.25) is 9.69 Å². The lowest BCUT2D eigenvalue weighted by Crippen LogP contribution is -2.52. The van der Waals surface area contributed by atoms with Gasteiger partial charge in [-0.1, -0.05) is 12.1 Å². The van der Waals surface area contributed by atoms with Crippen LogP contribution in [0.1, 0.15) is 23.2 Å². The van der Waals surface area contributed by atoms with E-state index in [2.05, 4.69) is 22.9 Å². The Balaban J connectivity index is 1.52. The number of amides is 1. The summed E-state index contributed by atoms with van der Waals surface area (Å²) in [7, 11) is 2.19. The number of piperidine rings is 1. The minimum Gasteiger partial charge on any atom is -0.339 e. The highest BCUT2D eigenvalue weighted by Gasteiger charge is 2.28. The molecule has 2 aliphatic rings. The number of carbonyl (C=O) groups is 1. The highest BCUT2D eigenvalue weighted by molar-refractivity contribution is 5.94. The van der Waals surface area contributed by atoms with E-state index in [0.717, 1.165) is 31.5 Å². The van der Waals surface area contributed by atoms with Crippen molar-refractivity contribution in [3.63, 3.8) is 0 Å². The molecule has 0 atom stereocenters. The van der Waals surface area contributed by atoms with E-state index in [1.165, 1.54) is 26.2 Å². The lowest BCUT2D eigenvalue weighted by Gasteiger charge is -2.42. The van der Waals surface area contributed by atoms with E-state index in [1.54, 1.807) is 6.07 Å². The van der Waals surface area contributed by atoms with Crippen molar-refractivity contribution in [3.05, 3.63) is 35.9 Å². The normalized spacial score (nSPS) is 22.4. The van der Waals surface area contributed by atoms with Gasteiger partial charge in [0.2, 0.25) is 0 Å². The SMILES string of the molecule is CN1CCN(C2CCN(C(=O)c3c[c]ccc3)CC2)CC1. The van der Waals surface area contributed by atoms with Crippen molar-refractivity contribution >= 4 is 5.91 Å². The van der Waals surface area contributed by atoms with Gasteiger partial charge in [0.05, 0.1) is 0 Å². The number of likely N-dealkylation sites (tertiary alicyclic amines) is 1. The van der Waals surface area contributed by atoms with Gasteiger partial charge in [0, 0.05) is 50.9 Å². The molecule has 0 N–H and O–H groups in total. The summed E-state index contributed by atoms with van der Waals surface area (Å²) < 4.78 is 0. The van der Waals surface area contributed by atoms with Gasteiger partial charge in [-0.25, -0.2) is 0 Å². The average Bonchev–Trinajstić information content (AvgIpc) is 2.56. The molecule has 1 aromatic carbocycles. The van der Waals surface area contributed by atoms with Crippen molar-refractivity contribution in [1.29, 1.82) is 0 Å². The number of rotatable bonds is 2. The van der Waals surface area contributed by atoms with E-state index < -0.39 is 0 Å². The maximum absolute atomic E-state index is 12.4. The highest BCUT2D eigenvalue weighted by Crippen LogP contribution is 2.19. The number of likely N-dealkylation sites (N-methyl/N-ethyl adjacent to an activating group) is 1. The molecule has 0 aliphatic carbocycles. The van der Waals surface area contributed by atoms with Crippen molar-refractivity contribution in [2.75, 3.05) is 46.3 Å². The van der Waals surface area contributed by atoms with Gasteiger partial charge in [-0.2, -0.15) is 0 Å². The molecule has 2 saturated heterocycles. The van der Waals surface area contributed by atoms with Crippen LogP contribution in [-0.2, 0) is 0 Å². The summed E-state index contributed by atoms with van der Waals surface area (Å²) in [6.45, 7) is 6.43. The summed E-state index contributed by atoms with van der Waals surface area (Å²) in [5, 5.41) is 0. The molecule has 2 heterocycles. The van der Waals surface area contributed by atoms with Crippen LogP contribution >= 0.6 is 0 Å². The van der Waals surface area contributed by atoms with Crippen LogP contribution < -0.4 is 0 Å². The molecule has 1 aromatic rings. The first-order valence-corrected chi connectivity index (χ1v) is 7.92. The van der Waals surface area contributed by atoms with E-state index in [-0.39, 0.29) is 5.91 Å². The summed E-state index contributed by atoms with van der Waals surface area (Å²) >= 11 is 0. The smallest absolute Gasteiger partial charge is 0.253 e. The second kappa shape index (κ2) is 6.58. The van der Waals surface area contributed by atoms with Gasteiger partial charge < -0.3 is 9.80 Å². The fraction of sp³-hybridized carbons (Fsp3) is 0.588. The number of benzene rings is 1. The monoisotopic (exact) mass is 286 g/mol. The van der Waals surface area contributed by atoms with Crippen molar-refractivity contribution in [3.8, 4) is 0 Å². The highest BCUT2D eigenvalue weighted by atomic mass is 16.2. The third-order valence-electron chi connectivity index (χ3n) is 4.76. The molecule has 2 aliphatic heterocycles. The molecule has 2 fully saturated rings. The molecule has 0 saturated carbocycles. The predicted octanol–water partition coefficient (Wildman–Crippen LogP) is 1.34. The van der Waals surface area contributed by atoms with Crippen LogP contribution in [-0.4, -0.2) is 73.0 Å². The number of piperazine rings is 1. The molecule has 0 bridgehead atoms. The van der Waals surface area contributed by atoms with Gasteiger partial charge >= 0.3 is 0 Å². The van der Waals surface area contributed by atoms with Gasteiger partial charge in [0.25, 0.3) is 5.91 Å². The van der Waals surface area contributed by atoms with E-state index >= 15 is 0 Å². The molecular weight excluding hydrogens is 262 g/mol. The minimum absolute atomic E-state index is 0.156. The van der Waals surface area contributed by atoms with Crippen LogP contribution in [0.15, 0.2) is 24.3 Å². The third-order valence-corrected chi connectivity index (χ3v) is 4.76. The van der Waals surface area contributed by atoms with Gasteiger partial charge in [-0.05, 0) is 38.1 Å². The zero-order chi connectivity index (χ0) is 14.7. The van der Waals surface area contributed by atoms with Crippen LogP contribution in [0.5, 0.6) is 0 Å². The maximum Gasteiger partial charge on any atom is 0.253 e. The molecule has 0 aromatic heterocycles. The molecule has 4 nitrogen and oxygen atoms in total. The topological polar surface area (TPSA) is 26.8 Å². The zero-order valence-corrected chi connectivity index (χ0v) is 12.8. The summed E-state index contributed by atoms with van der Waals surface area (Å²) in [5.74, 6) is 0.156. The quantitative estimate of drug-likeness (QED) is 0.821. The first kappa shape index (κ1) is 14.5. The van der Waals surface area contributed by atoms with E-state index in [0.29, 0.717) is 6.04 Å². The van der Waals surface area contributed by atoms with Gasteiger partial charge in [0.15, 0.2) is 0 Å².